The molecule has 1 N–H and O–H groups in total. The maximum atomic E-state index is 11.4. The number of hydrogen-bond donors (Lipinski definition) is 1. The maximum Gasteiger partial charge on any atom is 0.248 e. The van der Waals surface area contributed by atoms with Crippen molar-refractivity contribution in [2.45, 2.75) is 6.92 Å². The molecule has 2 rings (SSSR count). The van der Waals surface area contributed by atoms with Gasteiger partial charge in [-0.3, -0.25) is 9.78 Å². The Kier molecular flexibility index (Phi) is 2.96. The van der Waals surface area contributed by atoms with E-state index < -0.39 is 0 Å². The fourth-order valence-corrected chi connectivity index (χ4v) is 1.53. The van der Waals surface area contributed by atoms with Crippen molar-refractivity contribution in [1.29, 1.82) is 0 Å². The van der Waals surface area contributed by atoms with Crippen molar-refractivity contribution in [3.8, 4) is 0 Å². The topological polar surface area (TPSA) is 42.0 Å². The Labute approximate surface area is 93.8 Å². The zero-order valence-electron chi connectivity index (χ0n) is 8.97. The molecule has 1 heterocycles. The molecule has 0 bridgehead atoms. The fourth-order valence-electron chi connectivity index (χ4n) is 1.53. The number of fused-ring (bicyclic) bond motifs is 1. The number of nitrogens with one attached hydrogen (secondary N) is 1. The number of anilines is 1. The SMILES string of the molecule is C/C=C/C(=O)Nc1cccc2cccnc12. The number of hydrogen-bond acceptors (Lipinski definition) is 2. The second kappa shape index (κ2) is 4.57. The number of amides is 1. The van der Waals surface area contributed by atoms with Crippen LogP contribution in [0.3, 0.4) is 0 Å². The average Bonchev–Trinajstić information content (AvgIpc) is 2.30. The summed E-state index contributed by atoms with van der Waals surface area (Å²) >= 11 is 0. The second-order valence-corrected chi connectivity index (χ2v) is 3.37. The molecule has 0 saturated carbocycles. The number of pyridine rings is 1. The number of carbonyl (C=O) groups excluding carboxylic acids is 1. The normalized spacial score (nSPS) is 10.8. The van der Waals surface area contributed by atoms with E-state index in [2.05, 4.69) is 10.3 Å². The van der Waals surface area contributed by atoms with Gasteiger partial charge in [-0.25, -0.2) is 0 Å². The Hall–Kier alpha value is -2.16. The molecular formula is C13H12N2O. The minimum atomic E-state index is -0.138. The standard InChI is InChI=1S/C13H12N2O/c1-2-5-12(16)15-11-8-3-6-10-7-4-9-14-13(10)11/h2-9H,1H3,(H,15,16)/b5-2+. The molecule has 0 saturated heterocycles. The van der Waals surface area contributed by atoms with E-state index in [1.54, 1.807) is 19.2 Å². The molecule has 0 radical (unpaired) electrons. The Balaban J connectivity index is 2.41. The summed E-state index contributed by atoms with van der Waals surface area (Å²) in [5.74, 6) is -0.138. The van der Waals surface area contributed by atoms with E-state index in [0.717, 1.165) is 16.6 Å². The van der Waals surface area contributed by atoms with Crippen LogP contribution >= 0.6 is 0 Å². The van der Waals surface area contributed by atoms with Gasteiger partial charge in [0, 0.05) is 11.6 Å². The van der Waals surface area contributed by atoms with Gasteiger partial charge in [0.25, 0.3) is 0 Å². The van der Waals surface area contributed by atoms with Crippen molar-refractivity contribution in [2.75, 3.05) is 5.32 Å². The molecule has 0 atom stereocenters. The van der Waals surface area contributed by atoms with E-state index >= 15 is 0 Å². The van der Waals surface area contributed by atoms with Crippen LogP contribution in [0.2, 0.25) is 0 Å². The molecule has 16 heavy (non-hydrogen) atoms. The largest absolute Gasteiger partial charge is 0.321 e. The number of nitrogens with zero attached hydrogens (tertiary/aromatic N) is 1. The summed E-state index contributed by atoms with van der Waals surface area (Å²) in [5.41, 5.74) is 1.55. The van der Waals surface area contributed by atoms with Crippen LogP contribution in [0.15, 0.2) is 48.7 Å². The van der Waals surface area contributed by atoms with Crippen molar-refractivity contribution in [2.24, 2.45) is 0 Å². The summed E-state index contributed by atoms with van der Waals surface area (Å²) in [6, 6.07) is 9.55. The van der Waals surface area contributed by atoms with Gasteiger partial charge in [-0.15, -0.1) is 0 Å². The molecule has 0 aliphatic carbocycles. The minimum absolute atomic E-state index is 0.138. The van der Waals surface area contributed by atoms with E-state index in [1.807, 2.05) is 30.3 Å². The number of rotatable bonds is 2. The third-order valence-corrected chi connectivity index (χ3v) is 2.21. The van der Waals surface area contributed by atoms with Gasteiger partial charge in [0.15, 0.2) is 0 Å². The first kappa shape index (κ1) is 10.4. The lowest BCUT2D eigenvalue weighted by molar-refractivity contribution is -0.111. The molecular weight excluding hydrogens is 200 g/mol. The smallest absolute Gasteiger partial charge is 0.248 e. The molecule has 2 aromatic rings. The first-order valence-electron chi connectivity index (χ1n) is 5.08. The molecule has 0 spiro atoms. The fraction of sp³-hybridized carbons (Fsp3) is 0.0769. The molecule has 0 unspecified atom stereocenters. The second-order valence-electron chi connectivity index (χ2n) is 3.37. The van der Waals surface area contributed by atoms with Crippen LogP contribution < -0.4 is 5.32 Å². The van der Waals surface area contributed by atoms with Crippen molar-refractivity contribution in [3.63, 3.8) is 0 Å². The Morgan fingerprint density at radius 3 is 2.94 bits per heavy atom. The van der Waals surface area contributed by atoms with E-state index in [9.17, 15) is 4.79 Å². The molecule has 3 heteroatoms. The number of para-hydroxylation sites is 1. The molecule has 80 valence electrons. The molecule has 1 aromatic heterocycles. The van der Waals surface area contributed by atoms with E-state index in [4.69, 9.17) is 0 Å². The van der Waals surface area contributed by atoms with Crippen LogP contribution in [-0.2, 0) is 4.79 Å². The van der Waals surface area contributed by atoms with Gasteiger partial charge < -0.3 is 5.32 Å². The number of allylic oxidation sites excluding steroid dienone is 1. The Bertz CT molecular complexity index is 541. The minimum Gasteiger partial charge on any atom is -0.321 e. The first-order valence-corrected chi connectivity index (χ1v) is 5.08. The monoisotopic (exact) mass is 212 g/mol. The first-order chi connectivity index (χ1) is 7.81. The van der Waals surface area contributed by atoms with Gasteiger partial charge in [0.05, 0.1) is 11.2 Å². The van der Waals surface area contributed by atoms with Crippen LogP contribution in [0.25, 0.3) is 10.9 Å². The van der Waals surface area contributed by atoms with Gasteiger partial charge in [-0.05, 0) is 25.1 Å². The highest BCUT2D eigenvalue weighted by molar-refractivity contribution is 6.04. The lowest BCUT2D eigenvalue weighted by atomic mass is 10.2. The van der Waals surface area contributed by atoms with Crippen molar-refractivity contribution >= 4 is 22.5 Å². The van der Waals surface area contributed by atoms with E-state index in [1.165, 1.54) is 6.08 Å². The van der Waals surface area contributed by atoms with Gasteiger partial charge >= 0.3 is 0 Å². The van der Waals surface area contributed by atoms with Gasteiger partial charge in [0.2, 0.25) is 5.91 Å². The zero-order valence-corrected chi connectivity index (χ0v) is 8.97. The van der Waals surface area contributed by atoms with Crippen molar-refractivity contribution < 1.29 is 4.79 Å². The number of carbonyl (C=O) groups is 1. The molecule has 0 fully saturated rings. The molecule has 0 aliphatic rings. The Morgan fingerprint density at radius 1 is 1.31 bits per heavy atom. The van der Waals surface area contributed by atoms with Crippen LogP contribution in [0, 0.1) is 0 Å². The predicted octanol–water partition coefficient (Wildman–Crippen LogP) is 2.75. The van der Waals surface area contributed by atoms with E-state index in [0.29, 0.717) is 0 Å². The highest BCUT2D eigenvalue weighted by atomic mass is 16.1. The van der Waals surface area contributed by atoms with E-state index in [-0.39, 0.29) is 5.91 Å². The van der Waals surface area contributed by atoms with Crippen molar-refractivity contribution in [3.05, 3.63) is 48.7 Å². The number of benzene rings is 1. The lowest BCUT2D eigenvalue weighted by Crippen LogP contribution is -2.08. The third kappa shape index (κ3) is 2.08. The summed E-state index contributed by atoms with van der Waals surface area (Å²) in [4.78, 5) is 15.7. The predicted molar refractivity (Wildman–Crippen MR) is 65.2 cm³/mol. The molecule has 1 amide bonds. The summed E-state index contributed by atoms with van der Waals surface area (Å²) in [7, 11) is 0. The van der Waals surface area contributed by atoms with Crippen molar-refractivity contribution in [1.82, 2.24) is 4.98 Å². The van der Waals surface area contributed by atoms with Gasteiger partial charge in [-0.1, -0.05) is 24.3 Å². The summed E-state index contributed by atoms with van der Waals surface area (Å²) in [6.45, 7) is 1.81. The Morgan fingerprint density at radius 2 is 2.12 bits per heavy atom. The molecule has 1 aromatic carbocycles. The summed E-state index contributed by atoms with van der Waals surface area (Å²) in [6.07, 6.45) is 4.91. The quantitative estimate of drug-likeness (QED) is 0.778. The maximum absolute atomic E-state index is 11.4. The van der Waals surface area contributed by atoms with Gasteiger partial charge in [-0.2, -0.15) is 0 Å². The average molecular weight is 212 g/mol. The van der Waals surface area contributed by atoms with Crippen LogP contribution in [-0.4, -0.2) is 10.9 Å². The summed E-state index contributed by atoms with van der Waals surface area (Å²) < 4.78 is 0. The number of aromatic nitrogens is 1. The summed E-state index contributed by atoms with van der Waals surface area (Å²) in [5, 5.41) is 3.81. The zero-order chi connectivity index (χ0) is 11.4. The highest BCUT2D eigenvalue weighted by Crippen LogP contribution is 2.20. The van der Waals surface area contributed by atoms with Gasteiger partial charge in [0.1, 0.15) is 0 Å². The van der Waals surface area contributed by atoms with Crippen LogP contribution in [0.4, 0.5) is 5.69 Å². The highest BCUT2D eigenvalue weighted by Gasteiger charge is 2.03. The van der Waals surface area contributed by atoms with Crippen LogP contribution in [0.1, 0.15) is 6.92 Å². The third-order valence-electron chi connectivity index (χ3n) is 2.21. The molecule has 3 nitrogen and oxygen atoms in total. The van der Waals surface area contributed by atoms with Crippen LogP contribution in [0.5, 0.6) is 0 Å². The molecule has 0 aliphatic heterocycles. The lowest BCUT2D eigenvalue weighted by Gasteiger charge is -2.05.